The molecule has 2 amide bonds. The van der Waals surface area contributed by atoms with Crippen LogP contribution in [0.3, 0.4) is 0 Å². The summed E-state index contributed by atoms with van der Waals surface area (Å²) in [6.07, 6.45) is -0.0421. The van der Waals surface area contributed by atoms with E-state index in [1.807, 2.05) is 0 Å². The summed E-state index contributed by atoms with van der Waals surface area (Å²) in [5, 5.41) is 0.410. The van der Waals surface area contributed by atoms with Gasteiger partial charge in [0, 0.05) is 30.4 Å². The Morgan fingerprint density at radius 2 is 1.72 bits per heavy atom. The smallest absolute Gasteiger partial charge is 0.308 e. The van der Waals surface area contributed by atoms with Crippen LogP contribution in [-0.2, 0) is 34.4 Å². The van der Waals surface area contributed by atoms with Crippen LogP contribution in [0, 0.1) is 0 Å². The van der Waals surface area contributed by atoms with Crippen LogP contribution in [0.25, 0.3) is 0 Å². The van der Waals surface area contributed by atoms with Gasteiger partial charge in [0.25, 0.3) is 11.5 Å². The first-order valence-electron chi connectivity index (χ1n) is 7.52. The number of likely N-dealkylation sites (tertiary alicyclic amines) is 1. The number of esters is 1. The molecule has 8 heteroatoms. The normalized spacial score (nSPS) is 23.3. The second kappa shape index (κ2) is 6.00. The molecule has 7 nitrogen and oxygen atoms in total. The van der Waals surface area contributed by atoms with Gasteiger partial charge in [-0.15, -0.1) is 0 Å². The van der Waals surface area contributed by atoms with Crippen LogP contribution in [0.4, 0.5) is 0 Å². The molecule has 1 aromatic carbocycles. The second-order valence-corrected chi connectivity index (χ2v) is 6.12. The molecule has 0 N–H and O–H groups in total. The number of imide groups is 1. The van der Waals surface area contributed by atoms with Gasteiger partial charge in [0.05, 0.1) is 0 Å². The van der Waals surface area contributed by atoms with Crippen molar-refractivity contribution < 1.29 is 28.7 Å². The number of nitrogens with zero attached hydrogens (tertiary/aromatic N) is 1. The Kier molecular flexibility index (Phi) is 4.12. The van der Waals surface area contributed by atoms with Gasteiger partial charge >= 0.3 is 5.97 Å². The van der Waals surface area contributed by atoms with Crippen molar-refractivity contribution >= 4 is 35.2 Å². The average Bonchev–Trinajstić information content (AvgIpc) is 3.00. The number of amides is 2. The Hall–Kier alpha value is -2.67. The second-order valence-electron chi connectivity index (χ2n) is 5.68. The highest BCUT2D eigenvalue weighted by molar-refractivity contribution is 6.30. The number of hydrogen-bond donors (Lipinski definition) is 0. The van der Waals surface area contributed by atoms with Crippen molar-refractivity contribution in [3.05, 3.63) is 46.4 Å². The molecule has 0 bridgehead atoms. The Balaban J connectivity index is 2.17. The van der Waals surface area contributed by atoms with Crippen LogP contribution in [0.1, 0.15) is 32.3 Å². The fourth-order valence-corrected chi connectivity index (χ4v) is 3.09. The number of Topliss-reactive ketones (excluding diaryl/α,β-unsaturated/α-hetero) is 1. The first-order chi connectivity index (χ1) is 11.8. The van der Waals surface area contributed by atoms with E-state index in [9.17, 15) is 19.2 Å². The first kappa shape index (κ1) is 17.2. The fraction of sp³-hybridized carbons (Fsp3) is 0.294. The molecule has 2 aliphatic rings. The summed E-state index contributed by atoms with van der Waals surface area (Å²) >= 11 is 5.89. The van der Waals surface area contributed by atoms with E-state index in [2.05, 4.69) is 0 Å². The zero-order valence-corrected chi connectivity index (χ0v) is 14.3. The van der Waals surface area contributed by atoms with Crippen molar-refractivity contribution in [2.45, 2.75) is 32.4 Å². The van der Waals surface area contributed by atoms with E-state index in [4.69, 9.17) is 21.1 Å². The number of ether oxygens (including phenoxy) is 2. The molecule has 25 heavy (non-hydrogen) atoms. The standard InChI is InChI=1S/C17H14ClNO6/c1-9-15(24-10(2)20)16(23)17(25-9,11-3-5-12(18)6-4-11)19-13(21)7-8-14(19)22/h3-6H,7-8H2,1-2H3. The molecule has 1 fully saturated rings. The molecule has 0 aromatic heterocycles. The van der Waals surface area contributed by atoms with Crippen molar-refractivity contribution in [3.8, 4) is 0 Å². The number of hydrogen-bond acceptors (Lipinski definition) is 6. The molecule has 2 aliphatic heterocycles. The van der Waals surface area contributed by atoms with E-state index in [0.29, 0.717) is 5.02 Å². The zero-order valence-electron chi connectivity index (χ0n) is 13.5. The summed E-state index contributed by atoms with van der Waals surface area (Å²) in [5.41, 5.74) is -1.78. The van der Waals surface area contributed by atoms with Gasteiger partial charge in [-0.1, -0.05) is 23.7 Å². The fourth-order valence-electron chi connectivity index (χ4n) is 2.96. The number of rotatable bonds is 3. The maximum atomic E-state index is 13.1. The van der Waals surface area contributed by atoms with Crippen LogP contribution >= 0.6 is 11.6 Å². The Morgan fingerprint density at radius 1 is 1.16 bits per heavy atom. The monoisotopic (exact) mass is 363 g/mol. The van der Waals surface area contributed by atoms with Gasteiger partial charge in [0.15, 0.2) is 0 Å². The van der Waals surface area contributed by atoms with Gasteiger partial charge in [-0.25, -0.2) is 4.90 Å². The molecular weight excluding hydrogens is 350 g/mol. The SMILES string of the molecule is CC(=O)OC1=C(C)OC(c2ccc(Cl)cc2)(N2C(=O)CCC2=O)C1=O. The van der Waals surface area contributed by atoms with E-state index in [-0.39, 0.29) is 29.9 Å². The number of ketones is 1. The molecule has 0 radical (unpaired) electrons. The summed E-state index contributed by atoms with van der Waals surface area (Å²) in [4.78, 5) is 49.8. The molecule has 0 aliphatic carbocycles. The third kappa shape index (κ3) is 2.60. The molecule has 1 aromatic rings. The van der Waals surface area contributed by atoms with E-state index >= 15 is 0 Å². The first-order valence-corrected chi connectivity index (χ1v) is 7.90. The molecule has 2 heterocycles. The highest BCUT2D eigenvalue weighted by Crippen LogP contribution is 2.44. The van der Waals surface area contributed by atoms with Crippen molar-refractivity contribution in [2.24, 2.45) is 0 Å². The van der Waals surface area contributed by atoms with Crippen LogP contribution in [0.2, 0.25) is 5.02 Å². The lowest BCUT2D eigenvalue weighted by Crippen LogP contribution is -2.54. The molecule has 0 saturated carbocycles. The van der Waals surface area contributed by atoms with Crippen LogP contribution in [0.5, 0.6) is 0 Å². The topological polar surface area (TPSA) is 90.0 Å². The lowest BCUT2D eigenvalue weighted by atomic mass is 9.96. The molecule has 130 valence electrons. The van der Waals surface area contributed by atoms with Crippen molar-refractivity contribution in [3.63, 3.8) is 0 Å². The Morgan fingerprint density at radius 3 is 2.24 bits per heavy atom. The minimum absolute atomic E-state index is 0.0163. The minimum atomic E-state index is -2.02. The number of allylic oxidation sites excluding steroid dienone is 1. The number of halogens is 1. The number of carbonyl (C=O) groups excluding carboxylic acids is 4. The summed E-state index contributed by atoms with van der Waals surface area (Å²) in [5.74, 6) is -2.88. The van der Waals surface area contributed by atoms with Gasteiger partial charge in [-0.2, -0.15) is 0 Å². The van der Waals surface area contributed by atoms with Crippen molar-refractivity contribution in [2.75, 3.05) is 0 Å². The molecule has 1 atom stereocenters. The Bertz CT molecular complexity index is 812. The third-order valence-corrected chi connectivity index (χ3v) is 4.23. The summed E-state index contributed by atoms with van der Waals surface area (Å²) in [6.45, 7) is 2.57. The molecule has 1 saturated heterocycles. The summed E-state index contributed by atoms with van der Waals surface area (Å²) < 4.78 is 10.7. The van der Waals surface area contributed by atoms with Crippen molar-refractivity contribution in [1.82, 2.24) is 4.90 Å². The predicted molar refractivity (Wildman–Crippen MR) is 84.8 cm³/mol. The maximum Gasteiger partial charge on any atom is 0.308 e. The van der Waals surface area contributed by atoms with Gasteiger partial charge in [0.2, 0.25) is 17.6 Å². The summed E-state index contributed by atoms with van der Waals surface area (Å²) in [7, 11) is 0. The lowest BCUT2D eigenvalue weighted by molar-refractivity contribution is -0.175. The largest absolute Gasteiger partial charge is 0.456 e. The maximum absolute atomic E-state index is 13.1. The van der Waals surface area contributed by atoms with Crippen LogP contribution < -0.4 is 0 Å². The highest BCUT2D eigenvalue weighted by atomic mass is 35.5. The average molecular weight is 364 g/mol. The quantitative estimate of drug-likeness (QED) is 0.603. The van der Waals surface area contributed by atoms with Gasteiger partial charge in [-0.05, 0) is 19.1 Å². The van der Waals surface area contributed by atoms with Crippen LogP contribution in [0.15, 0.2) is 35.8 Å². The number of benzene rings is 1. The molecule has 0 spiro atoms. The molecular formula is C17H14ClNO6. The van der Waals surface area contributed by atoms with Crippen LogP contribution in [-0.4, -0.2) is 28.5 Å². The Labute approximate surface area is 148 Å². The number of carbonyl (C=O) groups is 4. The van der Waals surface area contributed by atoms with E-state index in [0.717, 1.165) is 11.8 Å². The third-order valence-electron chi connectivity index (χ3n) is 3.98. The molecule has 3 rings (SSSR count). The summed E-state index contributed by atoms with van der Waals surface area (Å²) in [6, 6.07) is 6.01. The highest BCUT2D eigenvalue weighted by Gasteiger charge is 2.60. The molecule has 1 unspecified atom stereocenters. The minimum Gasteiger partial charge on any atom is -0.456 e. The van der Waals surface area contributed by atoms with Gasteiger partial charge in [0.1, 0.15) is 5.76 Å². The lowest BCUT2D eigenvalue weighted by Gasteiger charge is -2.35. The van der Waals surface area contributed by atoms with Crippen molar-refractivity contribution in [1.29, 1.82) is 0 Å². The van der Waals surface area contributed by atoms with Gasteiger partial charge in [-0.3, -0.25) is 19.2 Å². The van der Waals surface area contributed by atoms with E-state index in [1.54, 1.807) is 0 Å². The zero-order chi connectivity index (χ0) is 18.4. The van der Waals surface area contributed by atoms with E-state index in [1.165, 1.54) is 31.2 Å². The van der Waals surface area contributed by atoms with Gasteiger partial charge < -0.3 is 9.47 Å². The predicted octanol–water partition coefficient (Wildman–Crippen LogP) is 2.04. The van der Waals surface area contributed by atoms with E-state index < -0.39 is 29.3 Å².